The lowest BCUT2D eigenvalue weighted by atomic mass is 9.92. The van der Waals surface area contributed by atoms with Gasteiger partial charge >= 0.3 is 0 Å². The summed E-state index contributed by atoms with van der Waals surface area (Å²) in [6, 6.07) is 4.35. The number of hydrogen-bond acceptors (Lipinski definition) is 2. The Labute approximate surface area is 118 Å². The van der Waals surface area contributed by atoms with Gasteiger partial charge in [-0.2, -0.15) is 0 Å². The first kappa shape index (κ1) is 14.5. The van der Waals surface area contributed by atoms with E-state index in [1.54, 1.807) is 0 Å². The van der Waals surface area contributed by atoms with Crippen molar-refractivity contribution in [2.24, 2.45) is 0 Å². The van der Waals surface area contributed by atoms with Crippen LogP contribution in [0.25, 0.3) is 0 Å². The Hall–Kier alpha value is -0.930. The average molecular weight is 284 g/mol. The van der Waals surface area contributed by atoms with E-state index in [9.17, 15) is 9.18 Å². The summed E-state index contributed by atoms with van der Waals surface area (Å²) >= 11 is 5.85. The van der Waals surface area contributed by atoms with Crippen LogP contribution >= 0.6 is 11.6 Å². The topological polar surface area (TPSA) is 20.3 Å². The molecule has 0 bridgehead atoms. The zero-order chi connectivity index (χ0) is 14.0. The van der Waals surface area contributed by atoms with Crippen molar-refractivity contribution in [3.8, 4) is 0 Å². The number of nitrogens with zero attached hydrogens (tertiary/aromatic N) is 1. The fourth-order valence-electron chi connectivity index (χ4n) is 2.52. The van der Waals surface area contributed by atoms with Crippen molar-refractivity contribution in [2.45, 2.75) is 38.6 Å². The van der Waals surface area contributed by atoms with E-state index in [0.29, 0.717) is 10.6 Å². The normalized spacial score (nSPS) is 16.8. The second kappa shape index (κ2) is 5.59. The molecule has 1 aromatic rings. The largest absolute Gasteiger partial charge is 0.297 e. The molecule has 0 saturated carbocycles. The third-order valence-corrected chi connectivity index (χ3v) is 4.17. The molecule has 0 unspecified atom stereocenters. The predicted molar refractivity (Wildman–Crippen MR) is 75.0 cm³/mol. The lowest BCUT2D eigenvalue weighted by molar-refractivity contribution is -0.128. The van der Waals surface area contributed by atoms with Gasteiger partial charge in [-0.1, -0.05) is 11.6 Å². The highest BCUT2D eigenvalue weighted by molar-refractivity contribution is 6.30. The highest BCUT2D eigenvalue weighted by atomic mass is 35.5. The predicted octanol–water partition coefficient (Wildman–Crippen LogP) is 3.47. The van der Waals surface area contributed by atoms with Gasteiger partial charge in [0.1, 0.15) is 5.82 Å². The first-order valence-electron chi connectivity index (χ1n) is 6.63. The molecular weight excluding hydrogens is 265 g/mol. The summed E-state index contributed by atoms with van der Waals surface area (Å²) in [7, 11) is 0. The Balaban J connectivity index is 2.13. The molecule has 104 valence electrons. The molecule has 1 aliphatic heterocycles. The van der Waals surface area contributed by atoms with Crippen LogP contribution in [0.3, 0.4) is 0 Å². The summed E-state index contributed by atoms with van der Waals surface area (Å²) in [6.07, 6.45) is 2.35. The Morgan fingerprint density at radius 2 is 2.00 bits per heavy atom. The van der Waals surface area contributed by atoms with E-state index in [2.05, 4.69) is 4.90 Å². The fraction of sp³-hybridized carbons (Fsp3) is 0.533. The highest BCUT2D eigenvalue weighted by Crippen LogP contribution is 2.24. The van der Waals surface area contributed by atoms with E-state index in [-0.39, 0.29) is 18.0 Å². The number of hydrogen-bond donors (Lipinski definition) is 0. The molecule has 19 heavy (non-hydrogen) atoms. The molecule has 1 aromatic carbocycles. The lowest BCUT2D eigenvalue weighted by Crippen LogP contribution is -2.49. The maximum absolute atomic E-state index is 13.7. The summed E-state index contributed by atoms with van der Waals surface area (Å²) in [5, 5.41) is 0.461. The van der Waals surface area contributed by atoms with Crippen LogP contribution in [0.5, 0.6) is 0 Å². The van der Waals surface area contributed by atoms with Gasteiger partial charge in [-0.25, -0.2) is 4.39 Å². The molecular formula is C15H19ClFNO. The van der Waals surface area contributed by atoms with Gasteiger partial charge in [-0.3, -0.25) is 9.69 Å². The first-order valence-corrected chi connectivity index (χ1v) is 7.01. The molecule has 0 spiro atoms. The Bertz CT molecular complexity index is 481. The Morgan fingerprint density at radius 1 is 1.37 bits per heavy atom. The molecule has 1 fully saturated rings. The maximum atomic E-state index is 13.7. The Morgan fingerprint density at radius 3 is 2.63 bits per heavy atom. The molecule has 1 aliphatic rings. The molecule has 0 aliphatic carbocycles. The number of ketones is 1. The number of carbonyl (C=O) groups is 1. The number of rotatable bonds is 4. The quantitative estimate of drug-likeness (QED) is 0.843. The van der Waals surface area contributed by atoms with Gasteiger partial charge < -0.3 is 0 Å². The second-order valence-corrected chi connectivity index (χ2v) is 6.03. The van der Waals surface area contributed by atoms with E-state index in [4.69, 9.17) is 11.6 Å². The van der Waals surface area contributed by atoms with Crippen LogP contribution in [0.15, 0.2) is 18.2 Å². The number of carbonyl (C=O) groups excluding carboxylic acids is 1. The van der Waals surface area contributed by atoms with Crippen molar-refractivity contribution in [1.29, 1.82) is 0 Å². The van der Waals surface area contributed by atoms with Crippen molar-refractivity contribution in [3.63, 3.8) is 0 Å². The van der Waals surface area contributed by atoms with Gasteiger partial charge in [0.25, 0.3) is 0 Å². The van der Waals surface area contributed by atoms with Crippen LogP contribution in [0.4, 0.5) is 4.39 Å². The van der Waals surface area contributed by atoms with Gasteiger partial charge in [0.05, 0.1) is 5.54 Å². The molecule has 0 amide bonds. The maximum Gasteiger partial charge on any atom is 0.156 e. The van der Waals surface area contributed by atoms with Crippen molar-refractivity contribution in [2.75, 3.05) is 13.1 Å². The molecule has 0 N–H and O–H groups in total. The monoisotopic (exact) mass is 283 g/mol. The molecule has 2 nitrogen and oxygen atoms in total. The van der Waals surface area contributed by atoms with Crippen LogP contribution in [0.2, 0.25) is 5.02 Å². The van der Waals surface area contributed by atoms with Gasteiger partial charge in [-0.05, 0) is 63.5 Å². The van der Waals surface area contributed by atoms with Crippen LogP contribution in [0, 0.1) is 5.82 Å². The number of likely N-dealkylation sites (tertiary alicyclic amines) is 1. The van der Waals surface area contributed by atoms with Gasteiger partial charge in [-0.15, -0.1) is 0 Å². The minimum atomic E-state index is -0.536. The molecule has 2 rings (SSSR count). The van der Waals surface area contributed by atoms with Crippen LogP contribution in [-0.2, 0) is 11.2 Å². The molecule has 1 heterocycles. The van der Waals surface area contributed by atoms with Crippen molar-refractivity contribution in [1.82, 2.24) is 4.90 Å². The minimum absolute atomic E-state index is 0.0376. The number of benzene rings is 1. The summed E-state index contributed by atoms with van der Waals surface area (Å²) in [5.74, 6) is -0.328. The lowest BCUT2D eigenvalue weighted by Gasteiger charge is -2.34. The smallest absolute Gasteiger partial charge is 0.156 e. The summed E-state index contributed by atoms with van der Waals surface area (Å²) in [5.41, 5.74) is -0.157. The van der Waals surface area contributed by atoms with Crippen molar-refractivity contribution < 1.29 is 9.18 Å². The average Bonchev–Trinajstić information content (AvgIpc) is 2.88. The third kappa shape index (κ3) is 3.15. The van der Waals surface area contributed by atoms with Crippen molar-refractivity contribution in [3.05, 3.63) is 34.6 Å². The standard InChI is InChI=1S/C15H19ClFNO/c1-15(2,18-7-3-4-8-18)14(19)10-11-9-12(16)5-6-13(11)17/h5-6,9H,3-4,7-8,10H2,1-2H3. The van der Waals surface area contributed by atoms with E-state index in [1.807, 2.05) is 13.8 Å². The minimum Gasteiger partial charge on any atom is -0.297 e. The summed E-state index contributed by atoms with van der Waals surface area (Å²) in [4.78, 5) is 14.6. The first-order chi connectivity index (χ1) is 8.91. The Kier molecular flexibility index (Phi) is 4.26. The van der Waals surface area contributed by atoms with Crippen LogP contribution in [0.1, 0.15) is 32.3 Å². The zero-order valence-corrected chi connectivity index (χ0v) is 12.1. The highest BCUT2D eigenvalue weighted by Gasteiger charge is 2.35. The van der Waals surface area contributed by atoms with E-state index in [1.165, 1.54) is 18.2 Å². The second-order valence-electron chi connectivity index (χ2n) is 5.59. The number of Topliss-reactive ketones (excluding diaryl/α,β-unsaturated/α-hetero) is 1. The zero-order valence-electron chi connectivity index (χ0n) is 11.4. The molecule has 4 heteroatoms. The van der Waals surface area contributed by atoms with Crippen LogP contribution in [-0.4, -0.2) is 29.3 Å². The summed E-state index contributed by atoms with van der Waals surface area (Å²) in [6.45, 7) is 5.72. The summed E-state index contributed by atoms with van der Waals surface area (Å²) < 4.78 is 13.7. The van der Waals surface area contributed by atoms with Gasteiger partial charge in [0, 0.05) is 11.4 Å². The molecule has 1 saturated heterocycles. The SMILES string of the molecule is CC(C)(C(=O)Cc1cc(Cl)ccc1F)N1CCCC1. The van der Waals surface area contributed by atoms with Crippen LogP contribution < -0.4 is 0 Å². The number of halogens is 2. The van der Waals surface area contributed by atoms with Gasteiger partial charge in [0.2, 0.25) is 0 Å². The van der Waals surface area contributed by atoms with E-state index < -0.39 is 5.54 Å². The molecule has 0 atom stereocenters. The van der Waals surface area contributed by atoms with E-state index in [0.717, 1.165) is 25.9 Å². The third-order valence-electron chi connectivity index (χ3n) is 3.94. The molecule has 0 radical (unpaired) electrons. The molecule has 0 aromatic heterocycles. The fourth-order valence-corrected chi connectivity index (χ4v) is 2.72. The van der Waals surface area contributed by atoms with Crippen molar-refractivity contribution >= 4 is 17.4 Å². The van der Waals surface area contributed by atoms with Gasteiger partial charge in [0.15, 0.2) is 5.78 Å². The van der Waals surface area contributed by atoms with E-state index >= 15 is 0 Å².